The number of carboxylic acid groups (broad SMARTS) is 1. The number of piperidine rings is 2. The number of aromatic nitrogens is 2. The highest BCUT2D eigenvalue weighted by Gasteiger charge is 2.38. The standard InChI is InChI=1S/C22H29N5O3.C2HF3O2/c1-25-19-12-16(26-11-8-15(13-26)14-6-9-23-10-7-14)2-3-17(19)27(22(25)30)18-4-5-20(28)24-21(18)29;3-2(4,5)1(6)7/h2-3,12,14-15,18,23H,4-11,13H2,1H3,(H,24,28,29);(H,6,7)/t15-,18?;/m0./s1. The lowest BCUT2D eigenvalue weighted by Gasteiger charge is -2.28. The number of nitrogens with zero attached hydrogens (tertiary/aromatic N) is 3. The number of carbonyl (C=O) groups excluding carboxylic acids is 2. The normalized spacial score (nSPS) is 23.1. The van der Waals surface area contributed by atoms with Crippen molar-refractivity contribution in [2.75, 3.05) is 31.1 Å². The summed E-state index contributed by atoms with van der Waals surface area (Å²) in [7, 11) is 1.75. The molecule has 2 amide bonds. The molecular weight excluding hydrogens is 495 g/mol. The van der Waals surface area contributed by atoms with Gasteiger partial charge >= 0.3 is 17.8 Å². The van der Waals surface area contributed by atoms with Gasteiger partial charge in [0, 0.05) is 32.2 Å². The van der Waals surface area contributed by atoms with Crippen molar-refractivity contribution in [2.45, 2.75) is 44.3 Å². The Morgan fingerprint density at radius 1 is 1.03 bits per heavy atom. The minimum atomic E-state index is -5.08. The van der Waals surface area contributed by atoms with Gasteiger partial charge in [-0.25, -0.2) is 9.59 Å². The van der Waals surface area contributed by atoms with Gasteiger partial charge in [0.05, 0.1) is 11.0 Å². The van der Waals surface area contributed by atoms with E-state index in [1.807, 2.05) is 6.07 Å². The summed E-state index contributed by atoms with van der Waals surface area (Å²) in [6, 6.07) is 5.45. The van der Waals surface area contributed by atoms with E-state index < -0.39 is 24.1 Å². The maximum atomic E-state index is 12.9. The SMILES string of the molecule is Cn1c(=O)n(C2CCC(=O)NC2=O)c2ccc(N3CC[C@H](C4CCNCC4)C3)cc21.O=C(O)C(F)(F)F. The number of carbonyl (C=O) groups is 3. The monoisotopic (exact) mass is 525 g/mol. The van der Waals surface area contributed by atoms with E-state index in [1.165, 1.54) is 19.3 Å². The van der Waals surface area contributed by atoms with Gasteiger partial charge in [0.1, 0.15) is 6.04 Å². The molecule has 4 heterocycles. The molecule has 0 spiro atoms. The number of imidazole rings is 1. The highest BCUT2D eigenvalue weighted by Crippen LogP contribution is 2.34. The van der Waals surface area contributed by atoms with Crippen molar-refractivity contribution in [3.05, 3.63) is 28.7 Å². The van der Waals surface area contributed by atoms with E-state index in [-0.39, 0.29) is 18.0 Å². The van der Waals surface area contributed by atoms with Crippen molar-refractivity contribution in [2.24, 2.45) is 18.9 Å². The number of amides is 2. The van der Waals surface area contributed by atoms with E-state index in [2.05, 4.69) is 27.7 Å². The van der Waals surface area contributed by atoms with Crippen LogP contribution >= 0.6 is 0 Å². The Bertz CT molecular complexity index is 1250. The van der Waals surface area contributed by atoms with Gasteiger partial charge in [-0.05, 0) is 68.8 Å². The van der Waals surface area contributed by atoms with Crippen LogP contribution in [0.3, 0.4) is 0 Å². The third-order valence-electron chi connectivity index (χ3n) is 7.48. The molecule has 3 fully saturated rings. The van der Waals surface area contributed by atoms with Crippen LogP contribution in [0.2, 0.25) is 0 Å². The van der Waals surface area contributed by atoms with E-state index in [0.29, 0.717) is 6.42 Å². The molecule has 2 aromatic rings. The van der Waals surface area contributed by atoms with Crippen molar-refractivity contribution in [3.63, 3.8) is 0 Å². The molecule has 13 heteroatoms. The molecule has 10 nitrogen and oxygen atoms in total. The van der Waals surface area contributed by atoms with Gasteiger partial charge in [-0.3, -0.25) is 24.0 Å². The molecule has 3 aliphatic heterocycles. The van der Waals surface area contributed by atoms with Crippen molar-refractivity contribution >= 4 is 34.5 Å². The van der Waals surface area contributed by atoms with Crippen molar-refractivity contribution in [1.82, 2.24) is 19.8 Å². The Hall–Kier alpha value is -3.35. The average Bonchev–Trinajstić information content (AvgIpc) is 3.44. The number of fused-ring (bicyclic) bond motifs is 1. The number of hydrogen-bond donors (Lipinski definition) is 3. The smallest absolute Gasteiger partial charge is 0.475 e. The number of alkyl halides is 3. The molecule has 202 valence electrons. The lowest BCUT2D eigenvalue weighted by atomic mass is 9.84. The Morgan fingerprint density at radius 2 is 1.70 bits per heavy atom. The third-order valence-corrected chi connectivity index (χ3v) is 7.48. The Morgan fingerprint density at radius 3 is 2.32 bits per heavy atom. The molecule has 0 bridgehead atoms. The van der Waals surface area contributed by atoms with Crippen molar-refractivity contribution in [3.8, 4) is 0 Å². The minimum Gasteiger partial charge on any atom is -0.475 e. The molecule has 3 N–H and O–H groups in total. The quantitative estimate of drug-likeness (QED) is 0.522. The molecule has 1 aromatic heterocycles. The van der Waals surface area contributed by atoms with Crippen LogP contribution < -0.4 is 21.2 Å². The summed E-state index contributed by atoms with van der Waals surface area (Å²) in [6.45, 7) is 4.37. The summed E-state index contributed by atoms with van der Waals surface area (Å²) in [5.41, 5.74) is 2.49. The predicted octanol–water partition coefficient (Wildman–Crippen LogP) is 1.78. The summed E-state index contributed by atoms with van der Waals surface area (Å²) in [5, 5.41) is 12.9. The van der Waals surface area contributed by atoms with Crippen molar-refractivity contribution in [1.29, 1.82) is 0 Å². The summed E-state index contributed by atoms with van der Waals surface area (Å²) in [6.07, 6.45) is -0.723. The average molecular weight is 526 g/mol. The van der Waals surface area contributed by atoms with Gasteiger partial charge in [-0.2, -0.15) is 13.2 Å². The maximum absolute atomic E-state index is 12.9. The van der Waals surface area contributed by atoms with Crippen LogP contribution in [0.4, 0.5) is 18.9 Å². The van der Waals surface area contributed by atoms with Gasteiger partial charge in [-0.15, -0.1) is 0 Å². The number of aliphatic carboxylic acids is 1. The summed E-state index contributed by atoms with van der Waals surface area (Å²) in [5.74, 6) is -1.89. The van der Waals surface area contributed by atoms with Gasteiger partial charge in [0.25, 0.3) is 0 Å². The fourth-order valence-electron chi connectivity index (χ4n) is 5.50. The second-order valence-corrected chi connectivity index (χ2v) is 9.74. The van der Waals surface area contributed by atoms with Gasteiger partial charge < -0.3 is 15.3 Å². The zero-order chi connectivity index (χ0) is 26.9. The fraction of sp³-hybridized carbons (Fsp3) is 0.583. The van der Waals surface area contributed by atoms with E-state index in [0.717, 1.165) is 54.7 Å². The minimum absolute atomic E-state index is 0.217. The highest BCUT2D eigenvalue weighted by molar-refractivity contribution is 6.00. The lowest BCUT2D eigenvalue weighted by molar-refractivity contribution is -0.192. The number of halogens is 3. The molecule has 3 saturated heterocycles. The van der Waals surface area contributed by atoms with Crippen LogP contribution in [0, 0.1) is 11.8 Å². The zero-order valence-electron chi connectivity index (χ0n) is 20.4. The number of hydrogen-bond acceptors (Lipinski definition) is 6. The van der Waals surface area contributed by atoms with E-state index in [9.17, 15) is 27.6 Å². The van der Waals surface area contributed by atoms with Crippen LogP contribution in [0.25, 0.3) is 11.0 Å². The number of rotatable bonds is 3. The van der Waals surface area contributed by atoms with Gasteiger partial charge in [0.15, 0.2) is 0 Å². The first-order chi connectivity index (χ1) is 17.5. The predicted molar refractivity (Wildman–Crippen MR) is 128 cm³/mol. The molecule has 5 rings (SSSR count). The maximum Gasteiger partial charge on any atom is 0.490 e. The van der Waals surface area contributed by atoms with E-state index in [1.54, 1.807) is 16.2 Å². The van der Waals surface area contributed by atoms with Crippen LogP contribution in [0.15, 0.2) is 23.0 Å². The molecule has 0 saturated carbocycles. The molecule has 2 atom stereocenters. The van der Waals surface area contributed by atoms with Crippen LogP contribution in [-0.2, 0) is 21.4 Å². The van der Waals surface area contributed by atoms with Crippen LogP contribution in [0.5, 0.6) is 0 Å². The van der Waals surface area contributed by atoms with Gasteiger partial charge in [0.2, 0.25) is 11.8 Å². The molecule has 37 heavy (non-hydrogen) atoms. The summed E-state index contributed by atoms with van der Waals surface area (Å²) in [4.78, 5) is 48.1. The number of carboxylic acids is 1. The molecule has 3 aliphatic rings. The second kappa shape index (κ2) is 10.6. The third kappa shape index (κ3) is 5.65. The first-order valence-corrected chi connectivity index (χ1v) is 12.3. The Labute approximate surface area is 210 Å². The zero-order valence-corrected chi connectivity index (χ0v) is 20.4. The highest BCUT2D eigenvalue weighted by atomic mass is 19.4. The molecule has 1 aromatic carbocycles. The first-order valence-electron chi connectivity index (χ1n) is 12.3. The molecule has 1 unspecified atom stereocenters. The number of anilines is 1. The Kier molecular flexibility index (Phi) is 7.62. The second-order valence-electron chi connectivity index (χ2n) is 9.74. The Balaban J connectivity index is 0.000000405. The number of nitrogens with one attached hydrogen (secondary N) is 2. The van der Waals surface area contributed by atoms with Crippen LogP contribution in [-0.4, -0.2) is 64.4 Å². The topological polar surface area (TPSA) is 126 Å². The molecule has 0 aliphatic carbocycles. The summed E-state index contributed by atoms with van der Waals surface area (Å²) < 4.78 is 34.9. The van der Waals surface area contributed by atoms with Crippen LogP contribution in [0.1, 0.15) is 38.1 Å². The van der Waals surface area contributed by atoms with Crippen molar-refractivity contribution < 1.29 is 32.7 Å². The number of aryl methyl sites for hydroxylation is 1. The fourth-order valence-corrected chi connectivity index (χ4v) is 5.50. The van der Waals surface area contributed by atoms with E-state index in [4.69, 9.17) is 9.90 Å². The lowest BCUT2D eigenvalue weighted by Crippen LogP contribution is -2.44. The number of benzene rings is 1. The largest absolute Gasteiger partial charge is 0.490 e. The van der Waals surface area contributed by atoms with Gasteiger partial charge in [-0.1, -0.05) is 0 Å². The van der Waals surface area contributed by atoms with E-state index >= 15 is 0 Å². The number of imide groups is 1. The molecular formula is C24H30F3N5O5. The molecule has 0 radical (unpaired) electrons. The first kappa shape index (κ1) is 26.7. The summed E-state index contributed by atoms with van der Waals surface area (Å²) >= 11 is 0.